The summed E-state index contributed by atoms with van der Waals surface area (Å²) in [7, 11) is -3.67. The van der Waals surface area contributed by atoms with Gasteiger partial charge in [-0.25, -0.2) is 8.42 Å². The number of hydrogen-bond donors (Lipinski definition) is 2. The van der Waals surface area contributed by atoms with E-state index in [2.05, 4.69) is 10.0 Å². The highest BCUT2D eigenvalue weighted by molar-refractivity contribution is 7.89. The van der Waals surface area contributed by atoms with Gasteiger partial charge in [-0.1, -0.05) is 31.5 Å². The molecule has 0 unspecified atom stereocenters. The quantitative estimate of drug-likeness (QED) is 0.834. The molecule has 2 N–H and O–H groups in total. The van der Waals surface area contributed by atoms with Crippen LogP contribution in [-0.2, 0) is 14.8 Å². The van der Waals surface area contributed by atoms with E-state index in [0.29, 0.717) is 12.5 Å². The lowest BCUT2D eigenvalue weighted by atomic mass is 10.2. The van der Waals surface area contributed by atoms with Gasteiger partial charge in [0.1, 0.15) is 0 Å². The van der Waals surface area contributed by atoms with E-state index < -0.39 is 16.1 Å². The second-order valence-corrected chi connectivity index (χ2v) is 7.01. The molecular weight excluding hydrogens is 276 g/mol. The van der Waals surface area contributed by atoms with Crippen molar-refractivity contribution in [3.8, 4) is 0 Å². The van der Waals surface area contributed by atoms with Crippen molar-refractivity contribution in [1.82, 2.24) is 10.0 Å². The Labute approximate surface area is 120 Å². The molecule has 1 rings (SSSR count). The zero-order valence-electron chi connectivity index (χ0n) is 12.3. The Morgan fingerprint density at radius 2 is 1.70 bits per heavy atom. The van der Waals surface area contributed by atoms with Gasteiger partial charge in [-0.3, -0.25) is 4.79 Å². The lowest BCUT2D eigenvalue weighted by molar-refractivity contribution is -0.122. The largest absolute Gasteiger partial charge is 0.354 e. The minimum Gasteiger partial charge on any atom is -0.354 e. The Morgan fingerprint density at radius 3 is 2.20 bits per heavy atom. The summed E-state index contributed by atoms with van der Waals surface area (Å²) in [5.74, 6) is -0.00533. The molecule has 112 valence electrons. The molecule has 20 heavy (non-hydrogen) atoms. The van der Waals surface area contributed by atoms with E-state index in [9.17, 15) is 13.2 Å². The third-order valence-corrected chi connectivity index (χ3v) is 4.30. The first-order valence-corrected chi connectivity index (χ1v) is 8.07. The number of hydrogen-bond acceptors (Lipinski definition) is 3. The molecule has 1 atom stereocenters. The number of benzene rings is 1. The number of aryl methyl sites for hydroxylation is 1. The Bertz CT molecular complexity index is 550. The van der Waals surface area contributed by atoms with E-state index in [0.717, 1.165) is 5.56 Å². The molecule has 6 heteroatoms. The summed E-state index contributed by atoms with van der Waals surface area (Å²) < 4.78 is 26.6. The van der Waals surface area contributed by atoms with Crippen molar-refractivity contribution in [1.29, 1.82) is 0 Å². The minimum absolute atomic E-state index is 0.159. The average Bonchev–Trinajstić information content (AvgIpc) is 2.35. The fourth-order valence-corrected chi connectivity index (χ4v) is 2.73. The van der Waals surface area contributed by atoms with Crippen molar-refractivity contribution >= 4 is 15.9 Å². The monoisotopic (exact) mass is 298 g/mol. The molecule has 0 heterocycles. The third kappa shape index (κ3) is 4.94. The molecule has 1 amide bonds. The maximum Gasteiger partial charge on any atom is 0.241 e. The highest BCUT2D eigenvalue weighted by atomic mass is 32.2. The van der Waals surface area contributed by atoms with Crippen LogP contribution in [0.25, 0.3) is 0 Å². The molecule has 1 aromatic rings. The molecule has 0 spiro atoms. The number of sulfonamides is 1. The van der Waals surface area contributed by atoms with E-state index in [-0.39, 0.29) is 10.8 Å². The molecule has 0 aliphatic rings. The van der Waals surface area contributed by atoms with Crippen LogP contribution >= 0.6 is 0 Å². The average molecular weight is 298 g/mol. The van der Waals surface area contributed by atoms with Gasteiger partial charge < -0.3 is 5.32 Å². The lowest BCUT2D eigenvalue weighted by Gasteiger charge is -2.15. The Kier molecular flexibility index (Phi) is 5.71. The Balaban J connectivity index is 2.70. The van der Waals surface area contributed by atoms with E-state index in [1.165, 1.54) is 19.1 Å². The molecule has 0 aliphatic heterocycles. The van der Waals surface area contributed by atoms with Crippen LogP contribution in [0.1, 0.15) is 26.3 Å². The first kappa shape index (κ1) is 16.7. The van der Waals surface area contributed by atoms with E-state index >= 15 is 0 Å². The van der Waals surface area contributed by atoms with Gasteiger partial charge in [0.05, 0.1) is 10.9 Å². The van der Waals surface area contributed by atoms with Crippen molar-refractivity contribution in [3.05, 3.63) is 29.8 Å². The Morgan fingerprint density at radius 1 is 1.15 bits per heavy atom. The van der Waals surface area contributed by atoms with Gasteiger partial charge in [-0.2, -0.15) is 4.72 Å². The van der Waals surface area contributed by atoms with Gasteiger partial charge >= 0.3 is 0 Å². The SMILES string of the molecule is Cc1ccc(S(=O)(=O)N[C@@H](C)C(=O)NCC(C)C)cc1. The topological polar surface area (TPSA) is 75.3 Å². The molecule has 1 aromatic carbocycles. The van der Waals surface area contributed by atoms with Crippen molar-refractivity contribution < 1.29 is 13.2 Å². The van der Waals surface area contributed by atoms with E-state index in [1.54, 1.807) is 12.1 Å². The van der Waals surface area contributed by atoms with Gasteiger partial charge in [-0.05, 0) is 31.9 Å². The summed E-state index contributed by atoms with van der Waals surface area (Å²) in [6.07, 6.45) is 0. The Hall–Kier alpha value is -1.40. The fourth-order valence-electron chi connectivity index (χ4n) is 1.53. The van der Waals surface area contributed by atoms with Crippen LogP contribution in [0.15, 0.2) is 29.2 Å². The van der Waals surface area contributed by atoms with Crippen molar-refractivity contribution in [2.75, 3.05) is 6.54 Å². The molecule has 0 radical (unpaired) electrons. The van der Waals surface area contributed by atoms with Gasteiger partial charge in [0, 0.05) is 6.54 Å². The zero-order chi connectivity index (χ0) is 15.3. The standard InChI is InChI=1S/C14H22N2O3S/c1-10(2)9-15-14(17)12(4)16-20(18,19)13-7-5-11(3)6-8-13/h5-8,10,12,16H,9H2,1-4H3,(H,15,17)/t12-/m0/s1. The van der Waals surface area contributed by atoms with Crippen LogP contribution in [0, 0.1) is 12.8 Å². The maximum atomic E-state index is 12.1. The number of carbonyl (C=O) groups is 1. The molecule has 5 nitrogen and oxygen atoms in total. The van der Waals surface area contributed by atoms with Crippen molar-refractivity contribution in [2.45, 2.75) is 38.6 Å². The van der Waals surface area contributed by atoms with Gasteiger partial charge in [-0.15, -0.1) is 0 Å². The smallest absolute Gasteiger partial charge is 0.241 e. The van der Waals surface area contributed by atoms with Crippen molar-refractivity contribution in [3.63, 3.8) is 0 Å². The van der Waals surface area contributed by atoms with Crippen LogP contribution in [0.3, 0.4) is 0 Å². The molecule has 0 fully saturated rings. The minimum atomic E-state index is -3.67. The van der Waals surface area contributed by atoms with Gasteiger partial charge in [0.25, 0.3) is 0 Å². The number of carbonyl (C=O) groups excluding carboxylic acids is 1. The summed E-state index contributed by atoms with van der Waals surface area (Å²) in [5, 5.41) is 2.70. The predicted octanol–water partition coefficient (Wildman–Crippen LogP) is 1.43. The van der Waals surface area contributed by atoms with E-state index in [1.807, 2.05) is 20.8 Å². The first-order chi connectivity index (χ1) is 9.22. The van der Waals surface area contributed by atoms with Crippen LogP contribution in [-0.4, -0.2) is 26.9 Å². The van der Waals surface area contributed by atoms with Gasteiger partial charge in [0.2, 0.25) is 15.9 Å². The number of amides is 1. The summed E-state index contributed by atoms with van der Waals surface area (Å²) in [5.41, 5.74) is 0.978. The summed E-state index contributed by atoms with van der Waals surface area (Å²) >= 11 is 0. The normalized spacial score (nSPS) is 13.2. The molecule has 0 saturated heterocycles. The first-order valence-electron chi connectivity index (χ1n) is 6.59. The molecule has 0 saturated carbocycles. The zero-order valence-corrected chi connectivity index (χ0v) is 13.1. The second kappa shape index (κ2) is 6.85. The second-order valence-electron chi connectivity index (χ2n) is 5.30. The molecule has 0 aliphatic carbocycles. The summed E-state index contributed by atoms with van der Waals surface area (Å²) in [6, 6.07) is 5.68. The number of rotatable bonds is 6. The lowest BCUT2D eigenvalue weighted by Crippen LogP contribution is -2.45. The molecule has 0 bridgehead atoms. The van der Waals surface area contributed by atoms with Crippen LogP contribution in [0.5, 0.6) is 0 Å². The number of nitrogens with one attached hydrogen (secondary N) is 2. The van der Waals surface area contributed by atoms with Gasteiger partial charge in [0.15, 0.2) is 0 Å². The highest BCUT2D eigenvalue weighted by Gasteiger charge is 2.21. The highest BCUT2D eigenvalue weighted by Crippen LogP contribution is 2.10. The van der Waals surface area contributed by atoms with Crippen LogP contribution in [0.2, 0.25) is 0 Å². The third-order valence-electron chi connectivity index (χ3n) is 2.74. The van der Waals surface area contributed by atoms with Crippen LogP contribution in [0.4, 0.5) is 0 Å². The predicted molar refractivity (Wildman–Crippen MR) is 78.8 cm³/mol. The van der Waals surface area contributed by atoms with E-state index in [4.69, 9.17) is 0 Å². The molecule has 0 aromatic heterocycles. The molecular formula is C14H22N2O3S. The van der Waals surface area contributed by atoms with Crippen molar-refractivity contribution in [2.24, 2.45) is 5.92 Å². The van der Waals surface area contributed by atoms with Crippen LogP contribution < -0.4 is 10.0 Å². The summed E-state index contributed by atoms with van der Waals surface area (Å²) in [6.45, 7) is 7.88. The summed E-state index contributed by atoms with van der Waals surface area (Å²) in [4.78, 5) is 11.9. The maximum absolute atomic E-state index is 12.1. The fraction of sp³-hybridized carbons (Fsp3) is 0.500.